The Balaban J connectivity index is 1.93. The van der Waals surface area contributed by atoms with Crippen LogP contribution in [0.1, 0.15) is 37.0 Å². The van der Waals surface area contributed by atoms with Crippen molar-refractivity contribution < 1.29 is 18.9 Å². The molecule has 0 aromatic heterocycles. The number of nitrogens with one attached hydrogen (secondary N) is 2. The van der Waals surface area contributed by atoms with Gasteiger partial charge in [0.1, 0.15) is 0 Å². The molecule has 1 amide bonds. The minimum atomic E-state index is -0.399. The van der Waals surface area contributed by atoms with Gasteiger partial charge in [-0.15, -0.1) is 0 Å². The van der Waals surface area contributed by atoms with Crippen LogP contribution in [0.4, 0.5) is 0 Å². The largest absolute Gasteiger partial charge is 0.460 e. The first-order chi connectivity index (χ1) is 13.4. The van der Waals surface area contributed by atoms with E-state index in [-0.39, 0.29) is 24.1 Å². The van der Waals surface area contributed by atoms with Crippen molar-refractivity contribution in [2.45, 2.75) is 32.5 Å². The third kappa shape index (κ3) is 7.83. The summed E-state index contributed by atoms with van der Waals surface area (Å²) >= 11 is 9.39. The van der Waals surface area contributed by atoms with E-state index in [0.29, 0.717) is 36.1 Å². The quantitative estimate of drug-likeness (QED) is 0.567. The van der Waals surface area contributed by atoms with Gasteiger partial charge in [0.2, 0.25) is 0 Å². The van der Waals surface area contributed by atoms with Crippen LogP contribution in [0.25, 0.3) is 0 Å². The van der Waals surface area contributed by atoms with E-state index in [9.17, 15) is 9.59 Å². The molecule has 1 heterocycles. The number of carbonyl (C=O) groups is 2. The van der Waals surface area contributed by atoms with Gasteiger partial charge in [-0.3, -0.25) is 9.59 Å². The van der Waals surface area contributed by atoms with Gasteiger partial charge in [0.05, 0.1) is 17.1 Å². The van der Waals surface area contributed by atoms with Crippen molar-refractivity contribution in [3.63, 3.8) is 0 Å². The third-order valence-corrected chi connectivity index (χ3v) is 5.21. The van der Waals surface area contributed by atoms with Crippen molar-refractivity contribution in [3.05, 3.63) is 33.3 Å². The molecule has 1 fully saturated rings. The van der Waals surface area contributed by atoms with Crippen molar-refractivity contribution >= 4 is 46.3 Å². The number of ketones is 1. The molecule has 1 aromatic carbocycles. The van der Waals surface area contributed by atoms with E-state index in [0.717, 1.165) is 24.0 Å². The van der Waals surface area contributed by atoms with Gasteiger partial charge in [-0.25, -0.2) is 0 Å². The molecule has 1 atom stereocenters. The van der Waals surface area contributed by atoms with E-state index in [1.165, 1.54) is 0 Å². The maximum Gasteiger partial charge on any atom is 0.460 e. The summed E-state index contributed by atoms with van der Waals surface area (Å²) in [6, 6.07) is 5.03. The summed E-state index contributed by atoms with van der Waals surface area (Å²) in [5, 5.41) is 6.22. The summed E-state index contributed by atoms with van der Waals surface area (Å²) in [6.45, 7) is 6.80. The second-order valence-electron chi connectivity index (χ2n) is 7.30. The predicted molar refractivity (Wildman–Crippen MR) is 115 cm³/mol. The molecule has 0 unspecified atom stereocenters. The highest BCUT2D eigenvalue weighted by molar-refractivity contribution is 9.10. The maximum absolute atomic E-state index is 12.5. The molecule has 0 radical (unpaired) electrons. The Hall–Kier alpha value is -0.925. The van der Waals surface area contributed by atoms with Crippen molar-refractivity contribution in [2.75, 3.05) is 32.8 Å². The van der Waals surface area contributed by atoms with Gasteiger partial charge in [0.25, 0.3) is 5.91 Å². The average molecular weight is 474 g/mol. The summed E-state index contributed by atoms with van der Waals surface area (Å²) in [4.78, 5) is 24.9. The second-order valence-corrected chi connectivity index (χ2v) is 8.62. The lowest BCUT2D eigenvalue weighted by atomic mass is 9.65. The number of benzene rings is 1. The fourth-order valence-corrected chi connectivity index (χ4v) is 3.71. The number of amides is 1. The zero-order chi connectivity index (χ0) is 20.5. The SMILES string of the molecule is CC(C)C[C@H](CC(=O)CNC(=O)c1cc(Br)ccc1Cl)B1OCCNCCO1. The van der Waals surface area contributed by atoms with Gasteiger partial charge in [-0.2, -0.15) is 0 Å². The standard InChI is InChI=1S/C19H27BBrClN2O4/c1-13(2)9-14(20-27-7-5-23-6-8-28-20)10-16(25)12-24-19(26)17-11-15(21)3-4-18(17)22/h3-4,11,13-14,23H,5-10,12H2,1-2H3,(H,24,26)/t14-/m1/s1. The minimum absolute atomic E-state index is 0.0445. The topological polar surface area (TPSA) is 76.7 Å². The van der Waals surface area contributed by atoms with Gasteiger partial charge < -0.3 is 19.9 Å². The lowest BCUT2D eigenvalue weighted by Crippen LogP contribution is -2.40. The summed E-state index contributed by atoms with van der Waals surface area (Å²) in [7, 11) is -0.399. The molecule has 2 rings (SSSR count). The van der Waals surface area contributed by atoms with Crippen LogP contribution < -0.4 is 10.6 Å². The first-order valence-electron chi connectivity index (χ1n) is 9.55. The smallest absolute Gasteiger partial charge is 0.410 e. The molecule has 1 aliphatic rings. The van der Waals surface area contributed by atoms with Crippen LogP contribution in [-0.4, -0.2) is 51.7 Å². The molecule has 154 valence electrons. The van der Waals surface area contributed by atoms with Crippen LogP contribution in [-0.2, 0) is 14.1 Å². The molecular formula is C19H27BBrClN2O4. The highest BCUT2D eigenvalue weighted by atomic mass is 79.9. The fourth-order valence-electron chi connectivity index (χ4n) is 3.15. The lowest BCUT2D eigenvalue weighted by molar-refractivity contribution is -0.118. The van der Waals surface area contributed by atoms with Gasteiger partial charge in [-0.05, 0) is 30.5 Å². The molecule has 1 saturated heterocycles. The number of hydrogen-bond donors (Lipinski definition) is 2. The minimum Gasteiger partial charge on any atom is -0.410 e. The molecule has 0 spiro atoms. The highest BCUT2D eigenvalue weighted by Gasteiger charge is 2.33. The van der Waals surface area contributed by atoms with Gasteiger partial charge in [0, 0.05) is 43.0 Å². The molecule has 0 bridgehead atoms. The van der Waals surface area contributed by atoms with Gasteiger partial charge in [-0.1, -0.05) is 41.4 Å². The Morgan fingerprint density at radius 2 is 1.96 bits per heavy atom. The summed E-state index contributed by atoms with van der Waals surface area (Å²) < 4.78 is 12.4. The third-order valence-electron chi connectivity index (χ3n) is 4.39. The normalized spacial score (nSPS) is 16.4. The van der Waals surface area contributed by atoms with Crippen LogP contribution in [0.15, 0.2) is 22.7 Å². The van der Waals surface area contributed by atoms with E-state index in [2.05, 4.69) is 40.4 Å². The van der Waals surface area contributed by atoms with Crippen LogP contribution in [0.3, 0.4) is 0 Å². The number of carbonyl (C=O) groups excluding carboxylic acids is 2. The van der Waals surface area contributed by atoms with E-state index in [4.69, 9.17) is 20.9 Å². The molecule has 0 aliphatic carbocycles. The first-order valence-corrected chi connectivity index (χ1v) is 10.7. The molecule has 9 heteroatoms. The Morgan fingerprint density at radius 3 is 2.61 bits per heavy atom. The van der Waals surface area contributed by atoms with Gasteiger partial charge in [0.15, 0.2) is 5.78 Å². The highest BCUT2D eigenvalue weighted by Crippen LogP contribution is 2.27. The van der Waals surface area contributed by atoms with Crippen molar-refractivity contribution in [1.82, 2.24) is 10.6 Å². The molecule has 2 N–H and O–H groups in total. The maximum atomic E-state index is 12.5. The lowest BCUT2D eigenvalue weighted by Gasteiger charge is -2.26. The molecule has 0 saturated carbocycles. The fraction of sp³-hybridized carbons (Fsp3) is 0.579. The Kier molecular flexibility index (Phi) is 9.95. The zero-order valence-corrected chi connectivity index (χ0v) is 18.6. The summed E-state index contributed by atoms with van der Waals surface area (Å²) in [6.07, 6.45) is 1.11. The van der Waals surface area contributed by atoms with E-state index >= 15 is 0 Å². The predicted octanol–water partition coefficient (Wildman–Crippen LogP) is 3.33. The molecule has 28 heavy (non-hydrogen) atoms. The number of halogens is 2. The number of Topliss-reactive ketones (excluding diaryl/α,β-unsaturated/α-hetero) is 1. The Bertz CT molecular complexity index is 669. The van der Waals surface area contributed by atoms with E-state index in [1.807, 2.05) is 0 Å². The van der Waals surface area contributed by atoms with E-state index < -0.39 is 7.12 Å². The van der Waals surface area contributed by atoms with Crippen molar-refractivity contribution in [1.29, 1.82) is 0 Å². The molecule has 1 aliphatic heterocycles. The summed E-state index contributed by atoms with van der Waals surface area (Å²) in [5.41, 5.74) is 0.335. The second kappa shape index (κ2) is 11.9. The Labute approximate surface area is 180 Å². The van der Waals surface area contributed by atoms with Gasteiger partial charge >= 0.3 is 7.12 Å². The molecular weight excluding hydrogens is 446 g/mol. The van der Waals surface area contributed by atoms with Crippen LogP contribution in [0, 0.1) is 5.92 Å². The van der Waals surface area contributed by atoms with Crippen LogP contribution in [0.2, 0.25) is 10.8 Å². The van der Waals surface area contributed by atoms with Crippen LogP contribution in [0.5, 0.6) is 0 Å². The summed E-state index contributed by atoms with van der Waals surface area (Å²) in [5.74, 6) is -0.0670. The van der Waals surface area contributed by atoms with E-state index in [1.54, 1.807) is 18.2 Å². The molecule has 1 aromatic rings. The number of rotatable bonds is 8. The Morgan fingerprint density at radius 1 is 1.29 bits per heavy atom. The van der Waals surface area contributed by atoms with Crippen molar-refractivity contribution in [3.8, 4) is 0 Å². The monoisotopic (exact) mass is 472 g/mol. The average Bonchev–Trinajstić information content (AvgIpc) is 2.60. The number of hydrogen-bond acceptors (Lipinski definition) is 5. The molecule has 6 nitrogen and oxygen atoms in total. The van der Waals surface area contributed by atoms with Crippen LogP contribution >= 0.6 is 27.5 Å². The first kappa shape index (κ1) is 23.4. The zero-order valence-electron chi connectivity index (χ0n) is 16.3. The van der Waals surface area contributed by atoms with Crippen molar-refractivity contribution in [2.24, 2.45) is 5.92 Å².